The highest BCUT2D eigenvalue weighted by Gasteiger charge is 2.05. The van der Waals surface area contributed by atoms with Crippen molar-refractivity contribution in [1.82, 2.24) is 9.97 Å². The van der Waals surface area contributed by atoms with Crippen LogP contribution in [0.15, 0.2) is 54.9 Å². The zero-order chi connectivity index (χ0) is 15.9. The van der Waals surface area contributed by atoms with Crippen molar-refractivity contribution in [2.75, 3.05) is 11.9 Å². The fourth-order valence-corrected chi connectivity index (χ4v) is 3.02. The molecule has 0 fully saturated rings. The molecule has 2 aromatic heterocycles. The third-order valence-electron chi connectivity index (χ3n) is 3.21. The van der Waals surface area contributed by atoms with Gasteiger partial charge < -0.3 is 10.1 Å². The Hall–Kier alpha value is -2.11. The van der Waals surface area contributed by atoms with Crippen LogP contribution in [0.3, 0.4) is 0 Å². The van der Waals surface area contributed by atoms with Gasteiger partial charge in [-0.05, 0) is 24.3 Å². The van der Waals surface area contributed by atoms with Crippen molar-refractivity contribution in [3.05, 3.63) is 69.9 Å². The van der Waals surface area contributed by atoms with E-state index in [0.29, 0.717) is 17.6 Å². The van der Waals surface area contributed by atoms with Gasteiger partial charge in [-0.15, -0.1) is 11.3 Å². The number of nitrogens with one attached hydrogen (secondary N) is 1. The highest BCUT2D eigenvalue weighted by Crippen LogP contribution is 2.26. The summed E-state index contributed by atoms with van der Waals surface area (Å²) < 4.78 is 6.45. The van der Waals surface area contributed by atoms with E-state index in [0.717, 1.165) is 28.4 Å². The number of hydrogen-bond donors (Lipinski definition) is 1. The van der Waals surface area contributed by atoms with Gasteiger partial charge in [0.15, 0.2) is 4.47 Å². The maximum atomic E-state index is 5.89. The van der Waals surface area contributed by atoms with E-state index in [1.54, 1.807) is 12.4 Å². The number of benzene rings is 1. The van der Waals surface area contributed by atoms with Crippen LogP contribution < -0.4 is 10.1 Å². The molecule has 6 heteroatoms. The predicted octanol–water partition coefficient (Wildman–Crippen LogP) is 4.43. The summed E-state index contributed by atoms with van der Waals surface area (Å²) >= 11 is 7.32. The second kappa shape index (κ2) is 7.94. The Morgan fingerprint density at radius 3 is 2.74 bits per heavy atom. The molecule has 0 saturated heterocycles. The zero-order valence-corrected chi connectivity index (χ0v) is 14.0. The van der Waals surface area contributed by atoms with Crippen molar-refractivity contribution in [1.29, 1.82) is 0 Å². The Morgan fingerprint density at radius 2 is 1.96 bits per heavy atom. The second-order valence-electron chi connectivity index (χ2n) is 4.85. The Bertz CT molecular complexity index is 748. The van der Waals surface area contributed by atoms with Gasteiger partial charge in [0.05, 0.1) is 18.8 Å². The zero-order valence-electron chi connectivity index (χ0n) is 12.4. The first-order valence-corrected chi connectivity index (χ1v) is 8.46. The number of rotatable bonds is 7. The molecule has 23 heavy (non-hydrogen) atoms. The molecule has 0 bridgehead atoms. The van der Waals surface area contributed by atoms with Gasteiger partial charge in [-0.25, -0.2) is 4.98 Å². The SMILES string of the molecule is Clc1ncc(CNc2ccccc2OCCc2ccccn2)s1. The largest absolute Gasteiger partial charge is 0.491 e. The van der Waals surface area contributed by atoms with E-state index >= 15 is 0 Å². The summed E-state index contributed by atoms with van der Waals surface area (Å²) in [7, 11) is 0. The number of para-hydroxylation sites is 2. The quantitative estimate of drug-likeness (QED) is 0.688. The minimum absolute atomic E-state index is 0.557. The average Bonchev–Trinajstić information content (AvgIpc) is 3.00. The minimum Gasteiger partial charge on any atom is -0.491 e. The van der Waals surface area contributed by atoms with Crippen molar-refractivity contribution >= 4 is 28.6 Å². The number of nitrogens with zero attached hydrogens (tertiary/aromatic N) is 2. The van der Waals surface area contributed by atoms with Crippen molar-refractivity contribution in [2.24, 2.45) is 0 Å². The lowest BCUT2D eigenvalue weighted by Gasteiger charge is -2.12. The Morgan fingerprint density at radius 1 is 1.09 bits per heavy atom. The highest BCUT2D eigenvalue weighted by atomic mass is 35.5. The first-order valence-electron chi connectivity index (χ1n) is 7.27. The van der Waals surface area contributed by atoms with E-state index < -0.39 is 0 Å². The van der Waals surface area contributed by atoms with Crippen LogP contribution in [0.25, 0.3) is 0 Å². The first kappa shape index (κ1) is 15.8. The van der Waals surface area contributed by atoms with Gasteiger partial charge in [0.1, 0.15) is 5.75 Å². The topological polar surface area (TPSA) is 47.0 Å². The van der Waals surface area contributed by atoms with Crippen LogP contribution in [0.2, 0.25) is 4.47 Å². The predicted molar refractivity (Wildman–Crippen MR) is 94.3 cm³/mol. The van der Waals surface area contributed by atoms with Gasteiger partial charge in [0.2, 0.25) is 0 Å². The van der Waals surface area contributed by atoms with E-state index in [1.807, 2.05) is 42.5 Å². The molecule has 0 aliphatic carbocycles. The van der Waals surface area contributed by atoms with Gasteiger partial charge in [-0.2, -0.15) is 0 Å². The number of aromatic nitrogens is 2. The molecule has 3 rings (SSSR count). The molecule has 0 atom stereocenters. The molecule has 0 radical (unpaired) electrons. The molecular formula is C17H16ClN3OS. The highest BCUT2D eigenvalue weighted by molar-refractivity contribution is 7.15. The van der Waals surface area contributed by atoms with E-state index in [-0.39, 0.29) is 0 Å². The average molecular weight is 346 g/mol. The number of thiazole rings is 1. The van der Waals surface area contributed by atoms with Gasteiger partial charge in [0, 0.05) is 29.4 Å². The summed E-state index contributed by atoms with van der Waals surface area (Å²) in [6, 6.07) is 13.8. The lowest BCUT2D eigenvalue weighted by atomic mass is 10.2. The third kappa shape index (κ3) is 4.68. The molecule has 0 spiro atoms. The Labute approximate surface area is 144 Å². The number of anilines is 1. The molecule has 0 amide bonds. The summed E-state index contributed by atoms with van der Waals surface area (Å²) in [6.07, 6.45) is 4.36. The molecule has 2 heterocycles. The second-order valence-corrected chi connectivity index (χ2v) is 6.55. The molecule has 1 N–H and O–H groups in total. The molecule has 118 valence electrons. The van der Waals surface area contributed by atoms with Crippen molar-refractivity contribution < 1.29 is 4.74 Å². The maximum absolute atomic E-state index is 5.89. The summed E-state index contributed by atoms with van der Waals surface area (Å²) in [4.78, 5) is 9.42. The van der Waals surface area contributed by atoms with Crippen LogP contribution in [0.1, 0.15) is 10.6 Å². The fraction of sp³-hybridized carbons (Fsp3) is 0.176. The van der Waals surface area contributed by atoms with E-state index in [1.165, 1.54) is 11.3 Å². The monoisotopic (exact) mass is 345 g/mol. The molecule has 0 saturated carbocycles. The summed E-state index contributed by atoms with van der Waals surface area (Å²) in [5, 5.41) is 3.36. The number of halogens is 1. The van der Waals surface area contributed by atoms with Gasteiger partial charge in [-0.3, -0.25) is 4.98 Å². The molecule has 0 aliphatic rings. The van der Waals surface area contributed by atoms with Gasteiger partial charge in [-0.1, -0.05) is 29.8 Å². The van der Waals surface area contributed by atoms with E-state index in [4.69, 9.17) is 16.3 Å². The summed E-state index contributed by atoms with van der Waals surface area (Å²) in [6.45, 7) is 1.26. The lowest BCUT2D eigenvalue weighted by molar-refractivity contribution is 0.322. The first-order chi connectivity index (χ1) is 11.3. The van der Waals surface area contributed by atoms with Crippen LogP contribution in [-0.2, 0) is 13.0 Å². The standard InChI is InChI=1S/C17H16ClN3OS/c18-17-21-12-14(23-17)11-20-15-6-1-2-7-16(15)22-10-8-13-5-3-4-9-19-13/h1-7,9,12,20H,8,10-11H2. The maximum Gasteiger partial charge on any atom is 0.183 e. The Kier molecular flexibility index (Phi) is 5.45. The molecule has 0 aliphatic heterocycles. The summed E-state index contributed by atoms with van der Waals surface area (Å²) in [5.41, 5.74) is 1.98. The van der Waals surface area contributed by atoms with Gasteiger partial charge in [0.25, 0.3) is 0 Å². The van der Waals surface area contributed by atoms with Crippen molar-refractivity contribution in [2.45, 2.75) is 13.0 Å². The van der Waals surface area contributed by atoms with Crippen LogP contribution in [0.4, 0.5) is 5.69 Å². The van der Waals surface area contributed by atoms with Crippen LogP contribution in [-0.4, -0.2) is 16.6 Å². The van der Waals surface area contributed by atoms with Crippen LogP contribution in [0, 0.1) is 0 Å². The minimum atomic E-state index is 0.557. The Balaban J connectivity index is 1.57. The lowest BCUT2D eigenvalue weighted by Crippen LogP contribution is -2.05. The van der Waals surface area contributed by atoms with Crippen LogP contribution in [0.5, 0.6) is 5.75 Å². The third-order valence-corrected chi connectivity index (χ3v) is 4.32. The molecule has 1 aromatic carbocycles. The smallest absolute Gasteiger partial charge is 0.183 e. The van der Waals surface area contributed by atoms with Crippen LogP contribution >= 0.6 is 22.9 Å². The van der Waals surface area contributed by atoms with Crippen molar-refractivity contribution in [3.8, 4) is 5.75 Å². The summed E-state index contributed by atoms with van der Waals surface area (Å²) in [5.74, 6) is 0.832. The normalized spacial score (nSPS) is 10.5. The molecule has 0 unspecified atom stereocenters. The van der Waals surface area contributed by atoms with Gasteiger partial charge >= 0.3 is 0 Å². The van der Waals surface area contributed by atoms with Crippen molar-refractivity contribution in [3.63, 3.8) is 0 Å². The number of ether oxygens (including phenoxy) is 1. The number of pyridine rings is 1. The fourth-order valence-electron chi connectivity index (χ4n) is 2.10. The molecule has 4 nitrogen and oxygen atoms in total. The molecule has 3 aromatic rings. The number of hydrogen-bond acceptors (Lipinski definition) is 5. The molecular weight excluding hydrogens is 330 g/mol. The van der Waals surface area contributed by atoms with E-state index in [2.05, 4.69) is 15.3 Å². The van der Waals surface area contributed by atoms with E-state index in [9.17, 15) is 0 Å².